The molecule has 34 heavy (non-hydrogen) atoms. The quantitative estimate of drug-likeness (QED) is 0.470. The Morgan fingerprint density at radius 2 is 1.94 bits per heavy atom. The molecule has 1 heterocycles. The fourth-order valence-corrected chi connectivity index (χ4v) is 3.83. The molecule has 4 rings (SSSR count). The van der Waals surface area contributed by atoms with Crippen molar-refractivity contribution in [2.45, 2.75) is 50.7 Å². The van der Waals surface area contributed by atoms with Gasteiger partial charge in [0.2, 0.25) is 12.5 Å². The minimum absolute atomic E-state index is 0.310. The Morgan fingerprint density at radius 3 is 2.65 bits per heavy atom. The third-order valence-corrected chi connectivity index (χ3v) is 5.97. The lowest BCUT2D eigenvalue weighted by Crippen LogP contribution is -2.42. The van der Waals surface area contributed by atoms with Crippen LogP contribution in [-0.2, 0) is 4.84 Å². The second-order valence-electron chi connectivity index (χ2n) is 8.58. The van der Waals surface area contributed by atoms with Gasteiger partial charge in [0.15, 0.2) is 0 Å². The van der Waals surface area contributed by atoms with Gasteiger partial charge in [-0.1, -0.05) is 35.3 Å². The number of benzene rings is 1. The fourth-order valence-electron chi connectivity index (χ4n) is 3.70. The van der Waals surface area contributed by atoms with Gasteiger partial charge in [0.05, 0.1) is 23.9 Å². The minimum atomic E-state index is -4.47. The predicted octanol–water partition coefficient (Wildman–Crippen LogP) is 5.80. The lowest BCUT2D eigenvalue weighted by molar-refractivity contribution is -0.173. The molecule has 10 heteroatoms. The van der Waals surface area contributed by atoms with Crippen LogP contribution in [0.15, 0.2) is 41.7 Å². The fraction of sp³-hybridized carbons (Fsp3) is 0.458. The van der Waals surface area contributed by atoms with E-state index in [2.05, 4.69) is 20.3 Å². The van der Waals surface area contributed by atoms with Crippen LogP contribution in [0.25, 0.3) is 11.1 Å². The van der Waals surface area contributed by atoms with Crippen molar-refractivity contribution in [2.24, 2.45) is 11.1 Å². The van der Waals surface area contributed by atoms with E-state index in [1.165, 1.54) is 6.20 Å². The monoisotopic (exact) mass is 495 g/mol. The van der Waals surface area contributed by atoms with Crippen molar-refractivity contribution in [2.75, 3.05) is 13.2 Å². The van der Waals surface area contributed by atoms with Crippen LogP contribution in [0.4, 0.5) is 13.2 Å². The average Bonchev–Trinajstić information content (AvgIpc) is 3.63. The third-order valence-electron chi connectivity index (χ3n) is 5.71. The van der Waals surface area contributed by atoms with Crippen molar-refractivity contribution in [1.82, 2.24) is 10.3 Å². The van der Waals surface area contributed by atoms with Crippen LogP contribution in [0.1, 0.15) is 48.9 Å². The summed E-state index contributed by atoms with van der Waals surface area (Å²) in [6.07, 6.45) is 1.87. The van der Waals surface area contributed by atoms with E-state index in [1.807, 2.05) is 12.1 Å². The molecule has 1 amide bonds. The van der Waals surface area contributed by atoms with E-state index in [1.54, 1.807) is 18.2 Å². The van der Waals surface area contributed by atoms with Gasteiger partial charge >= 0.3 is 6.18 Å². The van der Waals surface area contributed by atoms with Gasteiger partial charge in [0.25, 0.3) is 5.91 Å². The van der Waals surface area contributed by atoms with Gasteiger partial charge in [-0.05, 0) is 61.8 Å². The van der Waals surface area contributed by atoms with Gasteiger partial charge < -0.3 is 14.9 Å². The predicted molar refractivity (Wildman–Crippen MR) is 122 cm³/mol. The summed E-state index contributed by atoms with van der Waals surface area (Å²) in [5.41, 5.74) is 2.18. The number of carbonyl (C=O) groups excluding carboxylic acids is 1. The number of oxime groups is 1. The zero-order valence-corrected chi connectivity index (χ0v) is 19.2. The van der Waals surface area contributed by atoms with Gasteiger partial charge in [-0.3, -0.25) is 4.79 Å². The number of carbonyl (C=O) groups is 1. The summed E-state index contributed by atoms with van der Waals surface area (Å²) in [6.45, 7) is -0.896. The molecule has 182 valence electrons. The number of aromatic nitrogens is 1. The summed E-state index contributed by atoms with van der Waals surface area (Å²) < 4.78 is 43.1. The third kappa shape index (κ3) is 6.85. The molecule has 0 aliphatic heterocycles. The number of pyridine rings is 1. The Labute approximate surface area is 200 Å². The number of alkyl halides is 3. The summed E-state index contributed by atoms with van der Waals surface area (Å²) in [6, 6.07) is 8.36. The summed E-state index contributed by atoms with van der Waals surface area (Å²) in [7, 11) is 0. The van der Waals surface area contributed by atoms with Gasteiger partial charge in [-0.2, -0.15) is 13.2 Å². The first-order chi connectivity index (χ1) is 16.3. The molecule has 0 unspecified atom stereocenters. The molecular formula is C24H25ClF3N3O3. The summed E-state index contributed by atoms with van der Waals surface area (Å²) in [5.74, 6) is 0.574. The number of halogens is 4. The highest BCUT2D eigenvalue weighted by Gasteiger charge is 2.30. The Hall–Kier alpha value is -2.81. The first-order valence-electron chi connectivity index (χ1n) is 11.2. The van der Waals surface area contributed by atoms with E-state index in [-0.39, 0.29) is 0 Å². The number of ether oxygens (including phenoxy) is 1. The summed E-state index contributed by atoms with van der Waals surface area (Å²) in [5, 5.41) is 7.12. The van der Waals surface area contributed by atoms with Crippen molar-refractivity contribution < 1.29 is 27.5 Å². The molecular weight excluding hydrogens is 471 g/mol. The maximum absolute atomic E-state index is 13.0. The van der Waals surface area contributed by atoms with Crippen LogP contribution >= 0.6 is 11.6 Å². The smallest absolute Gasteiger partial charge is 0.425 e. The average molecular weight is 496 g/mol. The van der Waals surface area contributed by atoms with Crippen molar-refractivity contribution in [3.8, 4) is 17.0 Å². The first-order valence-corrected chi connectivity index (χ1v) is 11.6. The molecule has 1 N–H and O–H groups in total. The van der Waals surface area contributed by atoms with E-state index >= 15 is 0 Å². The van der Waals surface area contributed by atoms with Crippen LogP contribution in [-0.4, -0.2) is 42.0 Å². The van der Waals surface area contributed by atoms with Crippen LogP contribution in [0.5, 0.6) is 5.88 Å². The topological polar surface area (TPSA) is 72.8 Å². The van der Waals surface area contributed by atoms with Crippen LogP contribution in [0.3, 0.4) is 0 Å². The highest BCUT2D eigenvalue weighted by molar-refractivity contribution is 6.30. The number of hydrogen-bond donors (Lipinski definition) is 1. The summed E-state index contributed by atoms with van der Waals surface area (Å²) >= 11 is 6.02. The van der Waals surface area contributed by atoms with E-state index in [0.29, 0.717) is 53.1 Å². The highest BCUT2D eigenvalue weighted by Crippen LogP contribution is 2.33. The SMILES string of the molecule is O=C(N[C@H]1CCCCC1=NOCC(F)(F)F)c1cnc(OCC2CC2)c(-c2ccc(Cl)cc2)c1. The van der Waals surface area contributed by atoms with Crippen LogP contribution < -0.4 is 10.1 Å². The number of hydrogen-bond acceptors (Lipinski definition) is 5. The first kappa shape index (κ1) is 24.3. The summed E-state index contributed by atoms with van der Waals surface area (Å²) in [4.78, 5) is 21.9. The maximum Gasteiger partial charge on any atom is 0.425 e. The highest BCUT2D eigenvalue weighted by atomic mass is 35.5. The van der Waals surface area contributed by atoms with Crippen LogP contribution in [0.2, 0.25) is 5.02 Å². The largest absolute Gasteiger partial charge is 0.477 e. The van der Waals surface area contributed by atoms with Crippen LogP contribution in [0, 0.1) is 5.92 Å². The molecule has 1 atom stereocenters. The van der Waals surface area contributed by atoms with Gasteiger partial charge in [-0.25, -0.2) is 4.98 Å². The molecule has 0 radical (unpaired) electrons. The number of amides is 1. The number of rotatable bonds is 8. The lowest BCUT2D eigenvalue weighted by Gasteiger charge is -2.24. The second-order valence-corrected chi connectivity index (χ2v) is 9.02. The molecule has 2 saturated carbocycles. The van der Waals surface area contributed by atoms with Gasteiger partial charge in [-0.15, -0.1) is 0 Å². The Morgan fingerprint density at radius 1 is 1.18 bits per heavy atom. The van der Waals surface area contributed by atoms with Crippen molar-refractivity contribution in [1.29, 1.82) is 0 Å². The van der Waals surface area contributed by atoms with Crippen molar-refractivity contribution >= 4 is 23.2 Å². The minimum Gasteiger partial charge on any atom is -0.477 e. The van der Waals surface area contributed by atoms with E-state index in [9.17, 15) is 18.0 Å². The normalized spacial score (nSPS) is 19.6. The lowest BCUT2D eigenvalue weighted by atomic mass is 9.93. The molecule has 6 nitrogen and oxygen atoms in total. The van der Waals surface area contributed by atoms with Crippen molar-refractivity contribution in [3.63, 3.8) is 0 Å². The van der Waals surface area contributed by atoms with Crippen molar-refractivity contribution in [3.05, 3.63) is 47.1 Å². The molecule has 2 aromatic rings. The Kier molecular flexibility index (Phi) is 7.60. The zero-order valence-electron chi connectivity index (χ0n) is 18.4. The maximum atomic E-state index is 13.0. The van der Waals surface area contributed by atoms with Gasteiger partial charge in [0, 0.05) is 16.8 Å². The zero-order chi connectivity index (χ0) is 24.1. The molecule has 0 saturated heterocycles. The second kappa shape index (κ2) is 10.6. The number of nitrogens with one attached hydrogen (secondary N) is 1. The molecule has 2 aliphatic carbocycles. The Bertz CT molecular complexity index is 1040. The number of nitrogens with zero attached hydrogens (tertiary/aromatic N) is 2. The molecule has 0 spiro atoms. The molecule has 2 aliphatic rings. The molecule has 1 aromatic heterocycles. The van der Waals surface area contributed by atoms with E-state index in [4.69, 9.17) is 16.3 Å². The molecule has 2 fully saturated rings. The standard InChI is InChI=1S/C24H25ClF3N3O3/c25-18-9-7-16(8-10-18)19-11-17(12-29-23(19)33-13-15-5-6-15)22(32)30-20-3-1-2-4-21(20)31-34-14-24(26,27)28/h7-12,15,20H,1-6,13-14H2,(H,30,32)/t20-/m0/s1. The Balaban J connectivity index is 1.51. The van der Waals surface area contributed by atoms with Gasteiger partial charge in [0.1, 0.15) is 0 Å². The molecule has 0 bridgehead atoms. The molecule has 1 aromatic carbocycles. The van der Waals surface area contributed by atoms with E-state index < -0.39 is 24.7 Å². The van der Waals surface area contributed by atoms with E-state index in [0.717, 1.165) is 31.2 Å².